The van der Waals surface area contributed by atoms with Crippen molar-refractivity contribution >= 4 is 56.8 Å². The van der Waals surface area contributed by atoms with Crippen molar-refractivity contribution in [1.82, 2.24) is 0 Å². The number of ether oxygens (including phenoxy) is 1. The minimum Gasteiger partial charge on any atom is -0.488 e. The number of hydrogen-bond donors (Lipinski definition) is 1. The van der Waals surface area contributed by atoms with Gasteiger partial charge in [-0.15, -0.1) is 0 Å². The van der Waals surface area contributed by atoms with Crippen LogP contribution < -0.4 is 10.1 Å². The number of nitriles is 1. The summed E-state index contributed by atoms with van der Waals surface area (Å²) in [5.41, 5.74) is 2.70. The van der Waals surface area contributed by atoms with Crippen LogP contribution in [-0.4, -0.2) is 5.91 Å². The van der Waals surface area contributed by atoms with E-state index in [2.05, 4.69) is 21.2 Å². The van der Waals surface area contributed by atoms with Crippen molar-refractivity contribution < 1.29 is 9.53 Å². The monoisotopic (exact) mass is 514 g/mol. The molecule has 0 atom stereocenters. The molecule has 156 valence electrons. The SMILES string of the molecule is Cc1c(Cl)cccc1NC(=O)/C(C#N)=C/c1cc(Br)ccc1OCc1cccc(Cl)c1. The molecule has 0 fully saturated rings. The maximum absolute atomic E-state index is 12.7. The normalized spacial score (nSPS) is 11.0. The van der Waals surface area contributed by atoms with Crippen LogP contribution in [0.4, 0.5) is 5.69 Å². The van der Waals surface area contributed by atoms with Gasteiger partial charge in [0.1, 0.15) is 24.0 Å². The van der Waals surface area contributed by atoms with Crippen LogP contribution in [-0.2, 0) is 11.4 Å². The van der Waals surface area contributed by atoms with Crippen LogP contribution in [0.25, 0.3) is 6.08 Å². The molecular weight excluding hydrogens is 499 g/mol. The number of nitrogens with one attached hydrogen (secondary N) is 1. The quantitative estimate of drug-likeness (QED) is 0.279. The highest BCUT2D eigenvalue weighted by molar-refractivity contribution is 9.10. The third kappa shape index (κ3) is 6.11. The van der Waals surface area contributed by atoms with Crippen LogP contribution in [0.15, 0.2) is 70.7 Å². The van der Waals surface area contributed by atoms with E-state index in [4.69, 9.17) is 27.9 Å². The van der Waals surface area contributed by atoms with Gasteiger partial charge in [-0.1, -0.05) is 57.3 Å². The van der Waals surface area contributed by atoms with Gasteiger partial charge in [-0.25, -0.2) is 0 Å². The molecule has 0 aliphatic heterocycles. The van der Waals surface area contributed by atoms with E-state index in [9.17, 15) is 10.1 Å². The second-order valence-electron chi connectivity index (χ2n) is 6.64. The zero-order valence-corrected chi connectivity index (χ0v) is 19.6. The lowest BCUT2D eigenvalue weighted by Crippen LogP contribution is -2.14. The van der Waals surface area contributed by atoms with Gasteiger partial charge in [-0.3, -0.25) is 4.79 Å². The molecule has 0 radical (unpaired) electrons. The minimum absolute atomic E-state index is 0.0647. The highest BCUT2D eigenvalue weighted by Crippen LogP contribution is 2.28. The maximum Gasteiger partial charge on any atom is 0.266 e. The van der Waals surface area contributed by atoms with Crippen LogP contribution in [0, 0.1) is 18.3 Å². The number of amides is 1. The summed E-state index contributed by atoms with van der Waals surface area (Å²) in [6, 6.07) is 19.9. The molecule has 0 saturated heterocycles. The number of hydrogen-bond acceptors (Lipinski definition) is 3. The average molecular weight is 516 g/mol. The maximum atomic E-state index is 12.7. The van der Waals surface area contributed by atoms with Gasteiger partial charge in [-0.05, 0) is 66.6 Å². The topological polar surface area (TPSA) is 62.1 Å². The molecule has 0 saturated carbocycles. The molecular formula is C24H17BrCl2N2O2. The van der Waals surface area contributed by atoms with Gasteiger partial charge in [0.2, 0.25) is 0 Å². The van der Waals surface area contributed by atoms with Gasteiger partial charge < -0.3 is 10.1 Å². The molecule has 1 amide bonds. The van der Waals surface area contributed by atoms with E-state index in [1.165, 1.54) is 6.08 Å². The van der Waals surface area contributed by atoms with Crippen LogP contribution in [0.5, 0.6) is 5.75 Å². The smallest absolute Gasteiger partial charge is 0.266 e. The average Bonchev–Trinajstić information content (AvgIpc) is 2.74. The van der Waals surface area contributed by atoms with Crippen molar-refractivity contribution in [2.45, 2.75) is 13.5 Å². The molecule has 3 rings (SSSR count). The number of rotatable bonds is 6. The Kier molecular flexibility index (Phi) is 7.75. The van der Waals surface area contributed by atoms with Gasteiger partial charge in [0, 0.05) is 25.8 Å². The van der Waals surface area contributed by atoms with E-state index >= 15 is 0 Å². The van der Waals surface area contributed by atoms with Crippen molar-refractivity contribution in [3.8, 4) is 11.8 Å². The lowest BCUT2D eigenvalue weighted by Gasteiger charge is -2.12. The molecule has 3 aromatic rings. The second-order valence-corrected chi connectivity index (χ2v) is 8.40. The predicted molar refractivity (Wildman–Crippen MR) is 128 cm³/mol. The van der Waals surface area contributed by atoms with Crippen molar-refractivity contribution in [2.75, 3.05) is 5.32 Å². The zero-order valence-electron chi connectivity index (χ0n) is 16.5. The Morgan fingerprint density at radius 1 is 1.16 bits per heavy atom. The Labute approximate surface area is 199 Å². The first-order valence-corrected chi connectivity index (χ1v) is 10.8. The Morgan fingerprint density at radius 3 is 2.68 bits per heavy atom. The largest absolute Gasteiger partial charge is 0.488 e. The highest BCUT2D eigenvalue weighted by Gasteiger charge is 2.14. The van der Waals surface area contributed by atoms with Crippen molar-refractivity contribution in [3.63, 3.8) is 0 Å². The lowest BCUT2D eigenvalue weighted by molar-refractivity contribution is -0.112. The van der Waals surface area contributed by atoms with E-state index in [1.807, 2.05) is 30.3 Å². The Morgan fingerprint density at radius 2 is 1.94 bits per heavy atom. The number of benzene rings is 3. The van der Waals surface area contributed by atoms with Gasteiger partial charge in [0.15, 0.2) is 0 Å². The van der Waals surface area contributed by atoms with E-state index in [0.717, 1.165) is 15.6 Å². The molecule has 1 N–H and O–H groups in total. The van der Waals surface area contributed by atoms with Crippen molar-refractivity contribution in [3.05, 3.63) is 97.4 Å². The van der Waals surface area contributed by atoms with Gasteiger partial charge in [0.25, 0.3) is 5.91 Å². The molecule has 0 heterocycles. The van der Waals surface area contributed by atoms with Crippen LogP contribution in [0.2, 0.25) is 10.0 Å². The third-order valence-corrected chi connectivity index (χ3v) is 5.57. The molecule has 0 unspecified atom stereocenters. The number of nitrogens with zero attached hydrogens (tertiary/aromatic N) is 1. The van der Waals surface area contributed by atoms with E-state index in [0.29, 0.717) is 33.7 Å². The summed E-state index contributed by atoms with van der Waals surface area (Å²) in [6.07, 6.45) is 1.49. The molecule has 7 heteroatoms. The Hall–Kier alpha value is -2.78. The Balaban J connectivity index is 1.85. The molecule has 0 aliphatic rings. The van der Waals surface area contributed by atoms with Crippen LogP contribution >= 0.6 is 39.1 Å². The van der Waals surface area contributed by atoms with E-state index < -0.39 is 5.91 Å². The fourth-order valence-electron chi connectivity index (χ4n) is 2.79. The summed E-state index contributed by atoms with van der Waals surface area (Å²) >= 11 is 15.6. The summed E-state index contributed by atoms with van der Waals surface area (Å²) in [5.74, 6) is -0.00343. The highest BCUT2D eigenvalue weighted by atomic mass is 79.9. The van der Waals surface area contributed by atoms with Crippen LogP contribution in [0.1, 0.15) is 16.7 Å². The fourth-order valence-corrected chi connectivity index (χ4v) is 3.55. The molecule has 3 aromatic carbocycles. The molecule has 0 bridgehead atoms. The zero-order chi connectivity index (χ0) is 22.4. The number of carbonyl (C=O) groups is 1. The number of anilines is 1. The fraction of sp³-hybridized carbons (Fsp3) is 0.0833. The summed E-state index contributed by atoms with van der Waals surface area (Å²) in [5, 5.41) is 13.5. The lowest BCUT2D eigenvalue weighted by atomic mass is 10.1. The van der Waals surface area contributed by atoms with Crippen molar-refractivity contribution in [1.29, 1.82) is 5.26 Å². The minimum atomic E-state index is -0.534. The first-order valence-electron chi connectivity index (χ1n) is 9.22. The standard InChI is InChI=1S/C24H17BrCl2N2O2/c1-15-21(27)6-3-7-22(15)29-24(30)18(13-28)11-17-12-19(25)8-9-23(17)31-14-16-4-2-5-20(26)10-16/h2-12H,14H2,1H3,(H,29,30)/b18-11+. The van der Waals surface area contributed by atoms with E-state index in [-0.39, 0.29) is 5.57 Å². The van der Waals surface area contributed by atoms with Gasteiger partial charge >= 0.3 is 0 Å². The molecule has 0 spiro atoms. The summed E-state index contributed by atoms with van der Waals surface area (Å²) < 4.78 is 6.72. The van der Waals surface area contributed by atoms with E-state index in [1.54, 1.807) is 43.3 Å². The Bertz CT molecular complexity index is 1200. The molecule has 4 nitrogen and oxygen atoms in total. The first kappa shape index (κ1) is 22.9. The van der Waals surface area contributed by atoms with Crippen LogP contribution in [0.3, 0.4) is 0 Å². The van der Waals surface area contributed by atoms with Crippen molar-refractivity contribution in [2.24, 2.45) is 0 Å². The predicted octanol–water partition coefficient (Wildman–Crippen LogP) is 7.19. The summed E-state index contributed by atoms with van der Waals surface area (Å²) in [4.78, 5) is 12.7. The first-order chi connectivity index (χ1) is 14.9. The van der Waals surface area contributed by atoms with Gasteiger partial charge in [-0.2, -0.15) is 5.26 Å². The second kappa shape index (κ2) is 10.5. The van der Waals surface area contributed by atoms with Gasteiger partial charge in [0.05, 0.1) is 0 Å². The number of halogens is 3. The molecule has 0 aliphatic carbocycles. The summed E-state index contributed by atoms with van der Waals surface area (Å²) in [7, 11) is 0. The third-order valence-electron chi connectivity index (χ3n) is 4.44. The molecule has 31 heavy (non-hydrogen) atoms. The number of carbonyl (C=O) groups excluding carboxylic acids is 1. The molecule has 0 aromatic heterocycles. The summed E-state index contributed by atoms with van der Waals surface area (Å²) in [6.45, 7) is 2.09.